The standard InChI is InChI=1S/C19H21N5O2/c1-21-18(25)13-24-12-17(10-22-24)15-4-6-16(7-5-15)19(26)23-8-2-3-14(9-20)11-23/h4-7,10,12,14H,2-3,8,11,13H2,1H3,(H,21,25)/t14-/m1/s1. The van der Waals surface area contributed by atoms with Gasteiger partial charge >= 0.3 is 0 Å². The zero-order valence-electron chi connectivity index (χ0n) is 14.7. The average molecular weight is 351 g/mol. The number of hydrogen-bond acceptors (Lipinski definition) is 4. The highest BCUT2D eigenvalue weighted by Gasteiger charge is 2.24. The molecular weight excluding hydrogens is 330 g/mol. The molecule has 7 nitrogen and oxygen atoms in total. The molecule has 3 rings (SSSR count). The second-order valence-corrected chi connectivity index (χ2v) is 6.40. The van der Waals surface area contributed by atoms with E-state index in [1.165, 1.54) is 0 Å². The predicted octanol–water partition coefficient (Wildman–Crippen LogP) is 1.67. The molecule has 1 fully saturated rings. The molecule has 1 aromatic carbocycles. The zero-order chi connectivity index (χ0) is 18.5. The number of piperidine rings is 1. The number of nitriles is 1. The Labute approximate surface area is 152 Å². The van der Waals surface area contributed by atoms with E-state index < -0.39 is 0 Å². The highest BCUT2D eigenvalue weighted by atomic mass is 16.2. The molecule has 1 atom stereocenters. The maximum Gasteiger partial charge on any atom is 0.253 e. The van der Waals surface area contributed by atoms with Crippen molar-refractivity contribution >= 4 is 11.8 Å². The van der Waals surface area contributed by atoms with Crippen LogP contribution in [0.1, 0.15) is 23.2 Å². The van der Waals surface area contributed by atoms with Crippen LogP contribution in [0, 0.1) is 17.2 Å². The molecule has 134 valence electrons. The molecule has 0 spiro atoms. The molecule has 1 aliphatic heterocycles. The van der Waals surface area contributed by atoms with Crippen molar-refractivity contribution in [1.82, 2.24) is 20.0 Å². The lowest BCUT2D eigenvalue weighted by Gasteiger charge is -2.29. The molecule has 1 aromatic heterocycles. The summed E-state index contributed by atoms with van der Waals surface area (Å²) >= 11 is 0. The van der Waals surface area contributed by atoms with E-state index in [9.17, 15) is 9.59 Å². The molecule has 0 bridgehead atoms. The van der Waals surface area contributed by atoms with Gasteiger partial charge in [0.25, 0.3) is 5.91 Å². The second-order valence-electron chi connectivity index (χ2n) is 6.40. The molecule has 1 saturated heterocycles. The molecule has 2 aromatic rings. The van der Waals surface area contributed by atoms with E-state index in [0.29, 0.717) is 18.7 Å². The predicted molar refractivity (Wildman–Crippen MR) is 96.0 cm³/mol. The van der Waals surface area contributed by atoms with E-state index >= 15 is 0 Å². The van der Waals surface area contributed by atoms with E-state index in [4.69, 9.17) is 5.26 Å². The molecule has 2 heterocycles. The van der Waals surface area contributed by atoms with Gasteiger partial charge < -0.3 is 10.2 Å². The van der Waals surface area contributed by atoms with Crippen molar-refractivity contribution in [2.24, 2.45) is 5.92 Å². The van der Waals surface area contributed by atoms with Crippen LogP contribution >= 0.6 is 0 Å². The van der Waals surface area contributed by atoms with Gasteiger partial charge in [0.1, 0.15) is 6.54 Å². The summed E-state index contributed by atoms with van der Waals surface area (Å²) in [5.41, 5.74) is 2.43. The second kappa shape index (κ2) is 7.83. The fourth-order valence-electron chi connectivity index (χ4n) is 3.08. The third-order valence-corrected chi connectivity index (χ3v) is 4.57. The number of nitrogens with zero attached hydrogens (tertiary/aromatic N) is 4. The van der Waals surface area contributed by atoms with Gasteiger partial charge in [-0.15, -0.1) is 0 Å². The Kier molecular flexibility index (Phi) is 5.32. The molecular formula is C19H21N5O2. The van der Waals surface area contributed by atoms with E-state index in [1.54, 1.807) is 41.2 Å². The smallest absolute Gasteiger partial charge is 0.253 e. The normalized spacial score (nSPS) is 16.8. The summed E-state index contributed by atoms with van der Waals surface area (Å²) in [5.74, 6) is -0.220. The van der Waals surface area contributed by atoms with Crippen LogP contribution < -0.4 is 5.32 Å². The Morgan fingerprint density at radius 2 is 2.08 bits per heavy atom. The van der Waals surface area contributed by atoms with Gasteiger partial charge in [-0.1, -0.05) is 12.1 Å². The van der Waals surface area contributed by atoms with Crippen molar-refractivity contribution in [3.05, 3.63) is 42.2 Å². The fraction of sp³-hybridized carbons (Fsp3) is 0.368. The number of benzene rings is 1. The Morgan fingerprint density at radius 3 is 2.77 bits per heavy atom. The molecule has 0 aliphatic carbocycles. The molecule has 7 heteroatoms. The molecule has 0 unspecified atom stereocenters. The Bertz CT molecular complexity index is 834. The highest BCUT2D eigenvalue weighted by Crippen LogP contribution is 2.22. The minimum atomic E-state index is -0.113. The molecule has 0 radical (unpaired) electrons. The van der Waals surface area contributed by atoms with Gasteiger partial charge in [-0.05, 0) is 30.5 Å². The number of nitrogens with one attached hydrogen (secondary N) is 1. The lowest BCUT2D eigenvalue weighted by molar-refractivity contribution is -0.121. The van der Waals surface area contributed by atoms with Gasteiger partial charge in [-0.3, -0.25) is 14.3 Å². The lowest BCUT2D eigenvalue weighted by Crippen LogP contribution is -2.39. The third kappa shape index (κ3) is 3.91. The van der Waals surface area contributed by atoms with E-state index in [2.05, 4.69) is 16.5 Å². The van der Waals surface area contributed by atoms with Crippen LogP contribution in [-0.4, -0.2) is 46.6 Å². The average Bonchev–Trinajstić information content (AvgIpc) is 3.15. The number of amides is 2. The van der Waals surface area contributed by atoms with E-state index in [-0.39, 0.29) is 24.3 Å². The minimum absolute atomic E-state index is 0.0354. The maximum atomic E-state index is 12.6. The van der Waals surface area contributed by atoms with Crippen molar-refractivity contribution in [2.45, 2.75) is 19.4 Å². The Hall–Kier alpha value is -3.14. The van der Waals surface area contributed by atoms with Crippen molar-refractivity contribution in [2.75, 3.05) is 20.1 Å². The van der Waals surface area contributed by atoms with Crippen LogP contribution in [0.4, 0.5) is 0 Å². The summed E-state index contributed by atoms with van der Waals surface area (Å²) in [4.78, 5) is 25.8. The largest absolute Gasteiger partial charge is 0.358 e. The van der Waals surface area contributed by atoms with Crippen LogP contribution in [0.15, 0.2) is 36.7 Å². The van der Waals surface area contributed by atoms with Crippen LogP contribution in [0.2, 0.25) is 0 Å². The van der Waals surface area contributed by atoms with Crippen molar-refractivity contribution in [3.8, 4) is 17.2 Å². The Balaban J connectivity index is 1.69. The van der Waals surface area contributed by atoms with Crippen molar-refractivity contribution < 1.29 is 9.59 Å². The first-order valence-electron chi connectivity index (χ1n) is 8.63. The van der Waals surface area contributed by atoms with Crippen LogP contribution in [0.5, 0.6) is 0 Å². The third-order valence-electron chi connectivity index (χ3n) is 4.57. The number of aromatic nitrogens is 2. The quantitative estimate of drug-likeness (QED) is 0.907. The van der Waals surface area contributed by atoms with Crippen LogP contribution in [-0.2, 0) is 11.3 Å². The zero-order valence-corrected chi connectivity index (χ0v) is 14.7. The number of carbonyl (C=O) groups excluding carboxylic acids is 2. The molecule has 1 N–H and O–H groups in total. The topological polar surface area (TPSA) is 91.0 Å². The van der Waals surface area contributed by atoms with Gasteiger partial charge in [0.2, 0.25) is 5.91 Å². The van der Waals surface area contributed by atoms with Gasteiger partial charge in [-0.25, -0.2) is 0 Å². The summed E-state index contributed by atoms with van der Waals surface area (Å²) in [6.07, 6.45) is 5.22. The minimum Gasteiger partial charge on any atom is -0.358 e. The molecule has 1 aliphatic rings. The summed E-state index contributed by atoms with van der Waals surface area (Å²) in [6, 6.07) is 9.60. The van der Waals surface area contributed by atoms with E-state index in [1.807, 2.05) is 12.1 Å². The fourth-order valence-corrected chi connectivity index (χ4v) is 3.08. The van der Waals surface area contributed by atoms with Gasteiger partial charge in [0.15, 0.2) is 0 Å². The number of hydrogen-bond donors (Lipinski definition) is 1. The number of likely N-dealkylation sites (N-methyl/N-ethyl adjacent to an activating group) is 1. The first kappa shape index (κ1) is 17.7. The molecule has 0 saturated carbocycles. The number of rotatable bonds is 4. The van der Waals surface area contributed by atoms with Gasteiger partial charge in [0.05, 0.1) is 18.2 Å². The molecule has 26 heavy (non-hydrogen) atoms. The summed E-state index contributed by atoms with van der Waals surface area (Å²) in [7, 11) is 1.59. The summed E-state index contributed by atoms with van der Waals surface area (Å²) in [6.45, 7) is 1.37. The molecule has 2 amide bonds. The van der Waals surface area contributed by atoms with E-state index in [0.717, 1.165) is 24.0 Å². The first-order chi connectivity index (χ1) is 12.6. The van der Waals surface area contributed by atoms with Gasteiger partial charge in [-0.2, -0.15) is 10.4 Å². The Morgan fingerprint density at radius 1 is 1.31 bits per heavy atom. The summed E-state index contributed by atoms with van der Waals surface area (Å²) < 4.78 is 1.57. The maximum absolute atomic E-state index is 12.6. The van der Waals surface area contributed by atoms with Crippen molar-refractivity contribution in [3.63, 3.8) is 0 Å². The first-order valence-corrected chi connectivity index (χ1v) is 8.63. The number of likely N-dealkylation sites (tertiary alicyclic amines) is 1. The SMILES string of the molecule is CNC(=O)Cn1cc(-c2ccc(C(=O)N3CCC[C@H](C#N)C3)cc2)cn1. The van der Waals surface area contributed by atoms with Crippen molar-refractivity contribution in [1.29, 1.82) is 5.26 Å². The lowest BCUT2D eigenvalue weighted by atomic mass is 9.98. The van der Waals surface area contributed by atoms with Crippen LogP contribution in [0.25, 0.3) is 11.1 Å². The van der Waals surface area contributed by atoms with Crippen LogP contribution in [0.3, 0.4) is 0 Å². The van der Waals surface area contributed by atoms with Gasteiger partial charge in [0, 0.05) is 37.5 Å². The monoisotopic (exact) mass is 351 g/mol. The summed E-state index contributed by atoms with van der Waals surface area (Å²) in [5, 5.41) is 15.8. The highest BCUT2D eigenvalue weighted by molar-refractivity contribution is 5.94. The number of carbonyl (C=O) groups is 2.